The Hall–Kier alpha value is -2.90. The van der Waals surface area contributed by atoms with Gasteiger partial charge in [0.2, 0.25) is 0 Å². The SMILES string of the molecule is O=C(Nc1cccc(C(F)(F)F)c1)c1ccc2nc(C3CC3)cn2n1. The van der Waals surface area contributed by atoms with Crippen LogP contribution in [0.2, 0.25) is 0 Å². The molecule has 5 nitrogen and oxygen atoms in total. The summed E-state index contributed by atoms with van der Waals surface area (Å²) in [6.45, 7) is 0. The van der Waals surface area contributed by atoms with Crippen LogP contribution in [-0.4, -0.2) is 20.5 Å². The summed E-state index contributed by atoms with van der Waals surface area (Å²) in [4.78, 5) is 16.7. The molecule has 0 spiro atoms. The summed E-state index contributed by atoms with van der Waals surface area (Å²) in [7, 11) is 0. The molecule has 3 aromatic rings. The lowest BCUT2D eigenvalue weighted by Gasteiger charge is -2.09. The Balaban J connectivity index is 1.57. The molecule has 25 heavy (non-hydrogen) atoms. The maximum Gasteiger partial charge on any atom is 0.416 e. The topological polar surface area (TPSA) is 59.3 Å². The third-order valence-corrected chi connectivity index (χ3v) is 4.01. The van der Waals surface area contributed by atoms with Gasteiger partial charge in [-0.15, -0.1) is 0 Å². The van der Waals surface area contributed by atoms with Gasteiger partial charge in [0.25, 0.3) is 5.91 Å². The van der Waals surface area contributed by atoms with Crippen LogP contribution in [0.4, 0.5) is 18.9 Å². The van der Waals surface area contributed by atoms with Crippen molar-refractivity contribution in [3.63, 3.8) is 0 Å². The van der Waals surface area contributed by atoms with Crippen molar-refractivity contribution in [3.05, 3.63) is 59.5 Å². The molecule has 4 rings (SSSR count). The smallest absolute Gasteiger partial charge is 0.321 e. The van der Waals surface area contributed by atoms with Gasteiger partial charge in [-0.2, -0.15) is 18.3 Å². The Bertz CT molecular complexity index is 960. The number of nitrogens with zero attached hydrogens (tertiary/aromatic N) is 3. The number of aromatic nitrogens is 3. The highest BCUT2D eigenvalue weighted by molar-refractivity contribution is 6.02. The van der Waals surface area contributed by atoms with E-state index in [1.165, 1.54) is 22.7 Å². The van der Waals surface area contributed by atoms with Gasteiger partial charge in [-0.25, -0.2) is 9.50 Å². The number of rotatable bonds is 3. The van der Waals surface area contributed by atoms with E-state index < -0.39 is 17.6 Å². The van der Waals surface area contributed by atoms with Crippen LogP contribution in [0.3, 0.4) is 0 Å². The summed E-state index contributed by atoms with van der Waals surface area (Å²) in [5, 5.41) is 6.64. The third-order valence-electron chi connectivity index (χ3n) is 4.01. The first kappa shape index (κ1) is 15.6. The molecule has 1 aliphatic rings. The fraction of sp³-hybridized carbons (Fsp3) is 0.235. The lowest BCUT2D eigenvalue weighted by Crippen LogP contribution is -2.15. The second-order valence-electron chi connectivity index (χ2n) is 5.99. The first-order chi connectivity index (χ1) is 11.9. The molecule has 0 unspecified atom stereocenters. The van der Waals surface area contributed by atoms with E-state index in [-0.39, 0.29) is 11.4 Å². The molecular formula is C17H13F3N4O. The van der Waals surface area contributed by atoms with Crippen LogP contribution in [-0.2, 0) is 6.18 Å². The van der Waals surface area contributed by atoms with Gasteiger partial charge in [0.15, 0.2) is 5.65 Å². The number of carbonyl (C=O) groups is 1. The number of hydrogen-bond acceptors (Lipinski definition) is 3. The quantitative estimate of drug-likeness (QED) is 0.783. The minimum Gasteiger partial charge on any atom is -0.321 e. The molecule has 1 aliphatic carbocycles. The molecule has 1 aromatic carbocycles. The molecule has 1 amide bonds. The second kappa shape index (κ2) is 5.58. The minimum atomic E-state index is -4.46. The summed E-state index contributed by atoms with van der Waals surface area (Å²) in [6.07, 6.45) is -0.471. The molecule has 0 aliphatic heterocycles. The van der Waals surface area contributed by atoms with Crippen molar-refractivity contribution in [2.24, 2.45) is 0 Å². The number of halogens is 3. The molecular weight excluding hydrogens is 333 g/mol. The fourth-order valence-electron chi connectivity index (χ4n) is 2.57. The third kappa shape index (κ3) is 3.19. The number of nitrogens with one attached hydrogen (secondary N) is 1. The number of fused-ring (bicyclic) bond motifs is 1. The predicted molar refractivity (Wildman–Crippen MR) is 84.4 cm³/mol. The normalized spacial score (nSPS) is 14.7. The number of alkyl halides is 3. The van der Waals surface area contributed by atoms with Crippen LogP contribution in [0.1, 0.15) is 40.5 Å². The average molecular weight is 346 g/mol. The number of benzene rings is 1. The number of anilines is 1. The van der Waals surface area contributed by atoms with E-state index in [2.05, 4.69) is 15.4 Å². The van der Waals surface area contributed by atoms with Crippen LogP contribution in [0.5, 0.6) is 0 Å². The summed E-state index contributed by atoms with van der Waals surface area (Å²) in [5.41, 5.74) is 0.925. The maximum absolute atomic E-state index is 12.7. The summed E-state index contributed by atoms with van der Waals surface area (Å²) < 4.78 is 39.7. The van der Waals surface area contributed by atoms with Crippen LogP contribution in [0.25, 0.3) is 5.65 Å². The molecule has 1 N–H and O–H groups in total. The highest BCUT2D eigenvalue weighted by atomic mass is 19.4. The van der Waals surface area contributed by atoms with Crippen molar-refractivity contribution < 1.29 is 18.0 Å². The van der Waals surface area contributed by atoms with E-state index in [1.54, 1.807) is 12.3 Å². The van der Waals surface area contributed by atoms with E-state index in [9.17, 15) is 18.0 Å². The van der Waals surface area contributed by atoms with E-state index >= 15 is 0 Å². The standard InChI is InChI=1S/C17H13F3N4O/c18-17(19,20)11-2-1-3-12(8-11)21-16(25)13-6-7-15-22-14(10-4-5-10)9-24(15)23-13/h1-3,6-10H,4-5H2,(H,21,25). The lowest BCUT2D eigenvalue weighted by molar-refractivity contribution is -0.137. The molecule has 2 heterocycles. The van der Waals surface area contributed by atoms with Crippen LogP contribution >= 0.6 is 0 Å². The summed E-state index contributed by atoms with van der Waals surface area (Å²) >= 11 is 0. The van der Waals surface area contributed by atoms with Crippen molar-refractivity contribution in [2.75, 3.05) is 5.32 Å². The van der Waals surface area contributed by atoms with Crippen molar-refractivity contribution in [2.45, 2.75) is 24.9 Å². The molecule has 0 saturated heterocycles. The van der Waals surface area contributed by atoms with Gasteiger partial charge in [-0.1, -0.05) is 6.07 Å². The fourth-order valence-corrected chi connectivity index (χ4v) is 2.57. The Morgan fingerprint density at radius 1 is 1.20 bits per heavy atom. The van der Waals surface area contributed by atoms with Gasteiger partial charge in [0.1, 0.15) is 5.69 Å². The van der Waals surface area contributed by atoms with E-state index in [0.717, 1.165) is 30.7 Å². The Kier molecular flexibility index (Phi) is 3.48. The van der Waals surface area contributed by atoms with Gasteiger partial charge in [-0.3, -0.25) is 4.79 Å². The highest BCUT2D eigenvalue weighted by Crippen LogP contribution is 2.39. The van der Waals surface area contributed by atoms with Crippen LogP contribution in [0.15, 0.2) is 42.6 Å². The van der Waals surface area contributed by atoms with Gasteiger partial charge in [0.05, 0.1) is 17.5 Å². The number of amides is 1. The number of imidazole rings is 1. The minimum absolute atomic E-state index is 0.0611. The molecule has 2 aromatic heterocycles. The maximum atomic E-state index is 12.7. The van der Waals surface area contributed by atoms with Gasteiger partial charge in [0, 0.05) is 11.6 Å². The zero-order valence-electron chi connectivity index (χ0n) is 12.9. The zero-order chi connectivity index (χ0) is 17.6. The second-order valence-corrected chi connectivity index (χ2v) is 5.99. The van der Waals surface area contributed by atoms with Crippen molar-refractivity contribution in [1.82, 2.24) is 14.6 Å². The molecule has 0 atom stereocenters. The Labute approximate surface area is 140 Å². The summed E-state index contributed by atoms with van der Waals surface area (Å²) in [5.74, 6) is -0.119. The molecule has 8 heteroatoms. The Morgan fingerprint density at radius 2 is 2.00 bits per heavy atom. The highest BCUT2D eigenvalue weighted by Gasteiger charge is 2.30. The van der Waals surface area contributed by atoms with Crippen molar-refractivity contribution in [3.8, 4) is 0 Å². The summed E-state index contributed by atoms with van der Waals surface area (Å²) in [6, 6.07) is 7.65. The average Bonchev–Trinajstić information content (AvgIpc) is 3.33. The van der Waals surface area contributed by atoms with Crippen LogP contribution < -0.4 is 5.32 Å². The van der Waals surface area contributed by atoms with Crippen LogP contribution in [0, 0.1) is 0 Å². The zero-order valence-corrected chi connectivity index (χ0v) is 12.9. The van der Waals surface area contributed by atoms with E-state index in [1.807, 2.05) is 0 Å². The van der Waals surface area contributed by atoms with Gasteiger partial charge >= 0.3 is 6.18 Å². The largest absolute Gasteiger partial charge is 0.416 e. The van der Waals surface area contributed by atoms with Gasteiger partial charge < -0.3 is 5.32 Å². The molecule has 0 radical (unpaired) electrons. The Morgan fingerprint density at radius 3 is 2.72 bits per heavy atom. The van der Waals surface area contributed by atoms with E-state index in [0.29, 0.717) is 11.6 Å². The van der Waals surface area contributed by atoms with Crippen molar-refractivity contribution in [1.29, 1.82) is 0 Å². The molecule has 0 bridgehead atoms. The monoisotopic (exact) mass is 346 g/mol. The number of hydrogen-bond donors (Lipinski definition) is 1. The lowest BCUT2D eigenvalue weighted by atomic mass is 10.2. The predicted octanol–water partition coefficient (Wildman–Crippen LogP) is 3.88. The molecule has 1 saturated carbocycles. The van der Waals surface area contributed by atoms with Crippen molar-refractivity contribution >= 4 is 17.2 Å². The first-order valence-electron chi connectivity index (χ1n) is 7.75. The number of carbonyl (C=O) groups excluding carboxylic acids is 1. The first-order valence-corrected chi connectivity index (χ1v) is 7.75. The van der Waals surface area contributed by atoms with E-state index in [4.69, 9.17) is 0 Å². The van der Waals surface area contributed by atoms with Gasteiger partial charge in [-0.05, 0) is 43.2 Å². The molecule has 1 fully saturated rings. The molecule has 128 valence electrons.